The molecule has 0 radical (unpaired) electrons. The topological polar surface area (TPSA) is 62.6 Å². The zero-order valence-corrected chi connectivity index (χ0v) is 14.6. The number of hydrogen-bond donors (Lipinski definition) is 1. The Bertz CT molecular complexity index is 682. The zero-order chi connectivity index (χ0) is 17.7. The summed E-state index contributed by atoms with van der Waals surface area (Å²) < 4.78 is 5.23. The monoisotopic (exact) mass is 328 g/mol. The second kappa shape index (κ2) is 7.34. The molecule has 2 aromatic rings. The van der Waals surface area contributed by atoms with Crippen LogP contribution in [0.3, 0.4) is 0 Å². The van der Waals surface area contributed by atoms with Crippen LogP contribution < -0.4 is 5.32 Å². The Hall–Kier alpha value is -2.56. The first kappa shape index (κ1) is 17.8. The highest BCUT2D eigenvalue weighted by atomic mass is 16.3. The molecule has 1 aromatic heterocycles. The number of anilines is 1. The molecule has 0 aliphatic carbocycles. The van der Waals surface area contributed by atoms with Gasteiger partial charge in [0.25, 0.3) is 0 Å². The van der Waals surface area contributed by atoms with Crippen molar-refractivity contribution in [2.24, 2.45) is 0 Å². The van der Waals surface area contributed by atoms with Crippen LogP contribution in [0.25, 0.3) is 0 Å². The maximum absolute atomic E-state index is 12.2. The molecule has 1 aromatic carbocycles. The molecule has 0 unspecified atom stereocenters. The van der Waals surface area contributed by atoms with E-state index in [-0.39, 0.29) is 30.3 Å². The lowest BCUT2D eigenvalue weighted by Crippen LogP contribution is -2.36. The lowest BCUT2D eigenvalue weighted by molar-refractivity contribution is -0.133. The van der Waals surface area contributed by atoms with Gasteiger partial charge < -0.3 is 14.6 Å². The van der Waals surface area contributed by atoms with Crippen molar-refractivity contribution in [3.05, 3.63) is 54.0 Å². The lowest BCUT2D eigenvalue weighted by Gasteiger charge is -2.20. The molecule has 128 valence electrons. The fourth-order valence-electron chi connectivity index (χ4n) is 2.30. The normalized spacial score (nSPS) is 11.2. The Labute approximate surface area is 142 Å². The van der Waals surface area contributed by atoms with E-state index in [1.165, 1.54) is 17.4 Å². The average molecular weight is 328 g/mol. The summed E-state index contributed by atoms with van der Waals surface area (Å²) >= 11 is 0. The number of rotatable bonds is 5. The highest BCUT2D eigenvalue weighted by Crippen LogP contribution is 2.23. The van der Waals surface area contributed by atoms with Crippen LogP contribution in [0.2, 0.25) is 0 Å². The molecule has 0 aliphatic heterocycles. The third-order valence-corrected chi connectivity index (χ3v) is 3.74. The first-order chi connectivity index (χ1) is 11.3. The van der Waals surface area contributed by atoms with Gasteiger partial charge in [-0.05, 0) is 35.2 Å². The highest BCUT2D eigenvalue weighted by Gasteiger charge is 2.16. The fourth-order valence-corrected chi connectivity index (χ4v) is 2.30. The van der Waals surface area contributed by atoms with E-state index < -0.39 is 0 Å². The fraction of sp³-hybridized carbons (Fsp3) is 0.368. The number of hydrogen-bond acceptors (Lipinski definition) is 3. The largest absolute Gasteiger partial charge is 0.467 e. The van der Waals surface area contributed by atoms with E-state index in [4.69, 9.17) is 4.42 Å². The third kappa shape index (κ3) is 4.98. The van der Waals surface area contributed by atoms with E-state index >= 15 is 0 Å². The number of carbonyl (C=O) groups excluding carboxylic acids is 2. The minimum atomic E-state index is -0.236. The van der Waals surface area contributed by atoms with Gasteiger partial charge >= 0.3 is 0 Å². The summed E-state index contributed by atoms with van der Waals surface area (Å²) in [6.45, 7) is 8.12. The second-order valence-corrected chi connectivity index (χ2v) is 6.83. The van der Waals surface area contributed by atoms with Gasteiger partial charge in [-0.15, -0.1) is 0 Å². The van der Waals surface area contributed by atoms with Crippen molar-refractivity contribution in [3.8, 4) is 0 Å². The summed E-state index contributed by atoms with van der Waals surface area (Å²) in [7, 11) is 0. The van der Waals surface area contributed by atoms with Gasteiger partial charge in [-0.2, -0.15) is 0 Å². The predicted octanol–water partition coefficient (Wildman–Crippen LogP) is 3.56. The second-order valence-electron chi connectivity index (χ2n) is 6.83. The number of nitrogens with zero attached hydrogens (tertiary/aromatic N) is 1. The smallest absolute Gasteiger partial charge is 0.244 e. The first-order valence-electron chi connectivity index (χ1n) is 7.94. The van der Waals surface area contributed by atoms with Gasteiger partial charge in [0.2, 0.25) is 11.8 Å². The summed E-state index contributed by atoms with van der Waals surface area (Å²) in [5.74, 6) is 0.234. The molecule has 24 heavy (non-hydrogen) atoms. The molecule has 1 N–H and O–H groups in total. The first-order valence-corrected chi connectivity index (χ1v) is 7.94. The van der Waals surface area contributed by atoms with Crippen molar-refractivity contribution in [2.45, 2.75) is 39.7 Å². The number of furan rings is 1. The van der Waals surface area contributed by atoms with Crippen LogP contribution in [0.15, 0.2) is 47.1 Å². The molecule has 2 amide bonds. The van der Waals surface area contributed by atoms with Gasteiger partial charge in [0.1, 0.15) is 12.3 Å². The summed E-state index contributed by atoms with van der Waals surface area (Å²) in [5, 5.41) is 2.82. The molecule has 2 rings (SSSR count). The summed E-state index contributed by atoms with van der Waals surface area (Å²) in [5.41, 5.74) is 1.98. The van der Waals surface area contributed by atoms with Crippen LogP contribution in [0.1, 0.15) is 39.0 Å². The van der Waals surface area contributed by atoms with Crippen molar-refractivity contribution in [1.82, 2.24) is 4.90 Å². The average Bonchev–Trinajstić information content (AvgIpc) is 2.99. The van der Waals surface area contributed by atoms with Gasteiger partial charge in [-0.25, -0.2) is 0 Å². The minimum Gasteiger partial charge on any atom is -0.467 e. The van der Waals surface area contributed by atoms with Crippen LogP contribution in [0.4, 0.5) is 5.69 Å². The summed E-state index contributed by atoms with van der Waals surface area (Å²) in [6.07, 6.45) is 1.55. The van der Waals surface area contributed by atoms with Gasteiger partial charge in [0.15, 0.2) is 0 Å². The van der Waals surface area contributed by atoms with E-state index in [0.717, 1.165) is 5.69 Å². The molecule has 0 saturated carbocycles. The third-order valence-electron chi connectivity index (χ3n) is 3.74. The SMILES string of the molecule is CC(=O)N(CC(=O)Nc1ccc(C(C)(C)C)cc1)Cc1ccco1. The summed E-state index contributed by atoms with van der Waals surface area (Å²) in [6, 6.07) is 11.3. The molecule has 0 aliphatic rings. The number of carbonyl (C=O) groups is 2. The maximum Gasteiger partial charge on any atom is 0.244 e. The molecular formula is C19H24N2O3. The van der Waals surface area contributed by atoms with E-state index in [2.05, 4.69) is 26.1 Å². The molecule has 0 saturated heterocycles. The van der Waals surface area contributed by atoms with E-state index in [9.17, 15) is 9.59 Å². The number of amides is 2. The summed E-state index contributed by atoms with van der Waals surface area (Å²) in [4.78, 5) is 25.4. The molecular weight excluding hydrogens is 304 g/mol. The van der Waals surface area contributed by atoms with Crippen molar-refractivity contribution >= 4 is 17.5 Å². The Morgan fingerprint density at radius 1 is 1.12 bits per heavy atom. The van der Waals surface area contributed by atoms with Crippen molar-refractivity contribution < 1.29 is 14.0 Å². The Kier molecular flexibility index (Phi) is 5.44. The lowest BCUT2D eigenvalue weighted by atomic mass is 9.87. The van der Waals surface area contributed by atoms with Crippen LogP contribution in [-0.4, -0.2) is 23.3 Å². The molecule has 1 heterocycles. The quantitative estimate of drug-likeness (QED) is 0.913. The van der Waals surface area contributed by atoms with Crippen LogP contribution in [0.5, 0.6) is 0 Å². The number of benzene rings is 1. The Morgan fingerprint density at radius 2 is 1.79 bits per heavy atom. The highest BCUT2D eigenvalue weighted by molar-refractivity contribution is 5.94. The molecule has 0 bridgehead atoms. The molecule has 0 atom stereocenters. The van der Waals surface area contributed by atoms with Gasteiger partial charge in [-0.1, -0.05) is 32.9 Å². The van der Waals surface area contributed by atoms with E-state index in [1.807, 2.05) is 24.3 Å². The Morgan fingerprint density at radius 3 is 2.29 bits per heavy atom. The minimum absolute atomic E-state index is 0.0168. The molecule has 0 spiro atoms. The van der Waals surface area contributed by atoms with Crippen LogP contribution >= 0.6 is 0 Å². The van der Waals surface area contributed by atoms with E-state index in [1.54, 1.807) is 18.4 Å². The Balaban J connectivity index is 1.96. The van der Waals surface area contributed by atoms with Crippen LogP contribution in [-0.2, 0) is 21.5 Å². The van der Waals surface area contributed by atoms with Crippen molar-refractivity contribution in [2.75, 3.05) is 11.9 Å². The van der Waals surface area contributed by atoms with E-state index in [0.29, 0.717) is 5.76 Å². The van der Waals surface area contributed by atoms with Crippen molar-refractivity contribution in [1.29, 1.82) is 0 Å². The van der Waals surface area contributed by atoms with Gasteiger partial charge in [-0.3, -0.25) is 9.59 Å². The molecule has 5 heteroatoms. The zero-order valence-electron chi connectivity index (χ0n) is 14.6. The van der Waals surface area contributed by atoms with Gasteiger partial charge in [0.05, 0.1) is 12.8 Å². The van der Waals surface area contributed by atoms with Crippen molar-refractivity contribution in [3.63, 3.8) is 0 Å². The maximum atomic E-state index is 12.2. The number of nitrogens with one attached hydrogen (secondary N) is 1. The van der Waals surface area contributed by atoms with Gasteiger partial charge in [0, 0.05) is 12.6 Å². The standard InChI is InChI=1S/C19H24N2O3/c1-14(22)21(12-17-6-5-11-24-17)13-18(23)20-16-9-7-15(8-10-16)19(2,3)4/h5-11H,12-13H2,1-4H3,(H,20,23). The molecule has 5 nitrogen and oxygen atoms in total. The molecule has 0 fully saturated rings. The van der Waals surface area contributed by atoms with Crippen LogP contribution in [0, 0.1) is 0 Å². The predicted molar refractivity (Wildman–Crippen MR) is 93.6 cm³/mol.